The summed E-state index contributed by atoms with van der Waals surface area (Å²) in [7, 11) is 0. The molecule has 0 saturated carbocycles. The predicted octanol–water partition coefficient (Wildman–Crippen LogP) is 1.88. The van der Waals surface area contributed by atoms with E-state index in [4.69, 9.17) is 15.7 Å². The molecule has 0 amide bonds. The van der Waals surface area contributed by atoms with Crippen LogP contribution in [0.5, 0.6) is 0 Å². The third-order valence-corrected chi connectivity index (χ3v) is 3.42. The highest BCUT2D eigenvalue weighted by Gasteiger charge is 2.07. The number of benzene rings is 1. The molecule has 98 valence electrons. The van der Waals surface area contributed by atoms with Crippen molar-refractivity contribution < 1.29 is 4.74 Å². The fraction of sp³-hybridized carbons (Fsp3) is 0.308. The zero-order valence-electron chi connectivity index (χ0n) is 10.4. The highest BCUT2D eigenvalue weighted by atomic mass is 32.2. The summed E-state index contributed by atoms with van der Waals surface area (Å²) in [5, 5.41) is 17.1. The largest absolute Gasteiger partial charge is 0.377 e. The van der Waals surface area contributed by atoms with Gasteiger partial charge >= 0.3 is 0 Å². The Morgan fingerprint density at radius 2 is 2.11 bits per heavy atom. The van der Waals surface area contributed by atoms with Crippen molar-refractivity contribution in [3.8, 4) is 6.07 Å². The number of thioether (sulfide) groups is 1. The summed E-state index contributed by atoms with van der Waals surface area (Å²) in [4.78, 5) is 0. The van der Waals surface area contributed by atoms with E-state index < -0.39 is 0 Å². The van der Waals surface area contributed by atoms with Crippen molar-refractivity contribution in [3.63, 3.8) is 0 Å². The zero-order chi connectivity index (χ0) is 13.5. The normalized spacial score (nSPS) is 14.5. The Balaban J connectivity index is 1.71. The second kappa shape index (κ2) is 6.92. The lowest BCUT2D eigenvalue weighted by Crippen LogP contribution is -2.16. The summed E-state index contributed by atoms with van der Waals surface area (Å²) < 4.78 is 5.57. The van der Waals surface area contributed by atoms with Crippen LogP contribution in [0.15, 0.2) is 34.5 Å². The predicted molar refractivity (Wildman–Crippen MR) is 76.9 cm³/mol. The third kappa shape index (κ3) is 4.39. The minimum absolute atomic E-state index is 0.516. The molecule has 1 aromatic carbocycles. The molecule has 0 radical (unpaired) electrons. The molecule has 0 atom stereocenters. The van der Waals surface area contributed by atoms with E-state index in [1.54, 1.807) is 12.1 Å². The van der Waals surface area contributed by atoms with E-state index in [0.717, 1.165) is 23.4 Å². The van der Waals surface area contributed by atoms with Crippen LogP contribution in [0.1, 0.15) is 17.5 Å². The highest BCUT2D eigenvalue weighted by molar-refractivity contribution is 8.14. The molecule has 1 aliphatic heterocycles. The Labute approximate surface area is 116 Å². The van der Waals surface area contributed by atoms with Gasteiger partial charge in [0.15, 0.2) is 5.17 Å². The van der Waals surface area contributed by atoms with E-state index in [1.807, 2.05) is 12.1 Å². The quantitative estimate of drug-likeness (QED) is 0.831. The molecule has 0 aliphatic carbocycles. The summed E-state index contributed by atoms with van der Waals surface area (Å²) in [6.45, 7) is 1.15. The molecule has 0 spiro atoms. The summed E-state index contributed by atoms with van der Waals surface area (Å²) in [6.07, 6.45) is 0.764. The minimum atomic E-state index is 0.516. The van der Waals surface area contributed by atoms with Crippen LogP contribution in [-0.4, -0.2) is 23.2 Å². The molecule has 6 heteroatoms. The SMILES string of the molecule is N#Cc1ccc(COCCC2=NN=C(N)SC2)cc1. The average Bonchev–Trinajstić information content (AvgIpc) is 2.46. The second-order valence-electron chi connectivity index (χ2n) is 4.00. The molecular weight excluding hydrogens is 260 g/mol. The van der Waals surface area contributed by atoms with Gasteiger partial charge in [0.25, 0.3) is 0 Å². The Kier molecular flexibility index (Phi) is 4.95. The number of nitriles is 1. The molecule has 0 saturated heterocycles. The Morgan fingerprint density at radius 3 is 2.74 bits per heavy atom. The van der Waals surface area contributed by atoms with Crippen molar-refractivity contribution in [2.45, 2.75) is 13.0 Å². The number of hydrogen-bond acceptors (Lipinski definition) is 6. The van der Waals surface area contributed by atoms with E-state index >= 15 is 0 Å². The summed E-state index contributed by atoms with van der Waals surface area (Å²) in [5.41, 5.74) is 8.22. The first-order chi connectivity index (χ1) is 9.28. The van der Waals surface area contributed by atoms with Gasteiger partial charge in [-0.25, -0.2) is 0 Å². The standard InChI is InChI=1S/C13H14N4OS/c14-7-10-1-3-11(4-2-10)8-18-6-5-12-9-19-13(15)17-16-12/h1-4H,5-6,8-9H2,(H2,15,17). The van der Waals surface area contributed by atoms with Crippen LogP contribution < -0.4 is 5.73 Å². The topological polar surface area (TPSA) is 83.8 Å². The van der Waals surface area contributed by atoms with Crippen molar-refractivity contribution in [2.75, 3.05) is 12.4 Å². The summed E-state index contributed by atoms with van der Waals surface area (Å²) >= 11 is 1.50. The van der Waals surface area contributed by atoms with Gasteiger partial charge in [0.1, 0.15) is 0 Å². The lowest BCUT2D eigenvalue weighted by atomic mass is 10.2. The van der Waals surface area contributed by atoms with Crippen molar-refractivity contribution in [1.82, 2.24) is 0 Å². The minimum Gasteiger partial charge on any atom is -0.377 e. The highest BCUT2D eigenvalue weighted by Crippen LogP contribution is 2.10. The average molecular weight is 274 g/mol. The molecule has 0 aromatic heterocycles. The lowest BCUT2D eigenvalue weighted by molar-refractivity contribution is 0.127. The summed E-state index contributed by atoms with van der Waals surface area (Å²) in [5.74, 6) is 0.787. The first-order valence-electron chi connectivity index (χ1n) is 5.86. The fourth-order valence-electron chi connectivity index (χ4n) is 1.51. The molecule has 1 aliphatic rings. The van der Waals surface area contributed by atoms with Gasteiger partial charge in [0, 0.05) is 12.2 Å². The number of amidine groups is 1. The molecule has 2 rings (SSSR count). The molecule has 5 nitrogen and oxygen atoms in total. The van der Waals surface area contributed by atoms with E-state index in [0.29, 0.717) is 23.9 Å². The maximum absolute atomic E-state index is 8.69. The van der Waals surface area contributed by atoms with Crippen molar-refractivity contribution >= 4 is 22.6 Å². The van der Waals surface area contributed by atoms with E-state index in [2.05, 4.69) is 16.3 Å². The van der Waals surface area contributed by atoms with Gasteiger partial charge in [-0.15, -0.1) is 5.10 Å². The van der Waals surface area contributed by atoms with Crippen LogP contribution >= 0.6 is 11.8 Å². The number of nitrogens with zero attached hydrogens (tertiary/aromatic N) is 3. The zero-order valence-corrected chi connectivity index (χ0v) is 11.2. The molecule has 19 heavy (non-hydrogen) atoms. The van der Waals surface area contributed by atoms with Gasteiger partial charge in [-0.3, -0.25) is 0 Å². The Bertz CT molecular complexity index is 531. The Hall–Kier alpha value is -1.84. The smallest absolute Gasteiger partial charge is 0.180 e. The van der Waals surface area contributed by atoms with Gasteiger partial charge in [-0.2, -0.15) is 10.4 Å². The monoisotopic (exact) mass is 274 g/mol. The maximum atomic E-state index is 8.69. The molecular formula is C13H14N4OS. The molecule has 2 N–H and O–H groups in total. The van der Waals surface area contributed by atoms with Gasteiger partial charge < -0.3 is 10.5 Å². The molecule has 0 fully saturated rings. The van der Waals surface area contributed by atoms with Crippen LogP contribution in [0.2, 0.25) is 0 Å². The second-order valence-corrected chi connectivity index (χ2v) is 5.00. The number of ether oxygens (including phenoxy) is 1. The Morgan fingerprint density at radius 1 is 1.32 bits per heavy atom. The van der Waals surface area contributed by atoms with Crippen molar-refractivity contribution in [2.24, 2.45) is 15.9 Å². The molecule has 0 bridgehead atoms. The van der Waals surface area contributed by atoms with E-state index in [-0.39, 0.29) is 0 Å². The third-order valence-electron chi connectivity index (χ3n) is 2.56. The summed E-state index contributed by atoms with van der Waals surface area (Å²) in [6, 6.07) is 9.47. The van der Waals surface area contributed by atoms with Gasteiger partial charge in [-0.1, -0.05) is 23.9 Å². The first-order valence-corrected chi connectivity index (χ1v) is 6.85. The van der Waals surface area contributed by atoms with E-state index in [9.17, 15) is 0 Å². The fourth-order valence-corrected chi connectivity index (χ4v) is 2.13. The molecule has 1 heterocycles. The van der Waals surface area contributed by atoms with Gasteiger partial charge in [0.2, 0.25) is 0 Å². The number of hydrogen-bond donors (Lipinski definition) is 1. The first kappa shape index (κ1) is 13.6. The molecule has 0 unspecified atom stereocenters. The maximum Gasteiger partial charge on any atom is 0.180 e. The van der Waals surface area contributed by atoms with Crippen LogP contribution in [0.3, 0.4) is 0 Å². The van der Waals surface area contributed by atoms with Crippen LogP contribution in [0.25, 0.3) is 0 Å². The number of rotatable bonds is 5. The number of nitrogens with two attached hydrogens (primary N) is 1. The lowest BCUT2D eigenvalue weighted by Gasteiger charge is -2.09. The van der Waals surface area contributed by atoms with Crippen LogP contribution in [0, 0.1) is 11.3 Å². The van der Waals surface area contributed by atoms with Gasteiger partial charge in [0.05, 0.1) is 30.6 Å². The molecule has 1 aromatic rings. The van der Waals surface area contributed by atoms with E-state index in [1.165, 1.54) is 11.8 Å². The van der Waals surface area contributed by atoms with Crippen LogP contribution in [-0.2, 0) is 11.3 Å². The van der Waals surface area contributed by atoms with Crippen molar-refractivity contribution in [3.05, 3.63) is 35.4 Å². The van der Waals surface area contributed by atoms with Crippen LogP contribution in [0.4, 0.5) is 0 Å². The van der Waals surface area contributed by atoms with Gasteiger partial charge in [-0.05, 0) is 17.7 Å². The van der Waals surface area contributed by atoms with Crippen molar-refractivity contribution in [1.29, 1.82) is 5.26 Å².